The zero-order chi connectivity index (χ0) is 27.4. The molecule has 1 saturated heterocycles. The first kappa shape index (κ1) is 27.6. The Kier molecular flexibility index (Phi) is 8.16. The van der Waals surface area contributed by atoms with Gasteiger partial charge in [-0.25, -0.2) is 4.79 Å². The number of thioether (sulfide) groups is 1. The summed E-state index contributed by atoms with van der Waals surface area (Å²) in [5, 5.41) is 1.41. The molecule has 0 bridgehead atoms. The van der Waals surface area contributed by atoms with Crippen molar-refractivity contribution in [2.45, 2.75) is 31.9 Å². The van der Waals surface area contributed by atoms with E-state index < -0.39 is 53.7 Å². The normalized spacial score (nSPS) is 20.8. The number of β-lactam (4-membered cyclic amide) rings is 1. The van der Waals surface area contributed by atoms with Gasteiger partial charge < -0.3 is 34.6 Å². The lowest BCUT2D eigenvalue weighted by atomic mass is 9.97. The molecule has 0 saturated carbocycles. The molecule has 2 aliphatic heterocycles. The van der Waals surface area contributed by atoms with Crippen molar-refractivity contribution in [3.63, 3.8) is 0 Å². The Labute approximate surface area is 215 Å². The van der Waals surface area contributed by atoms with Crippen LogP contribution in [-0.2, 0) is 38.2 Å². The second kappa shape index (κ2) is 10.9. The summed E-state index contributed by atoms with van der Waals surface area (Å²) in [6.45, 7) is 2.81. The lowest BCUT2D eigenvalue weighted by molar-refractivity contribution is -0.194. The number of para-hydroxylation sites is 1. The van der Waals surface area contributed by atoms with Gasteiger partial charge in [0, 0.05) is 7.11 Å². The van der Waals surface area contributed by atoms with E-state index >= 15 is 0 Å². The van der Waals surface area contributed by atoms with Gasteiger partial charge in [0.2, 0.25) is 6.79 Å². The molecule has 1 fully saturated rings. The predicted molar refractivity (Wildman–Crippen MR) is 126 cm³/mol. The van der Waals surface area contributed by atoms with Crippen LogP contribution in [0.5, 0.6) is 5.75 Å². The molecule has 2 aliphatic rings. The second-order valence-electron chi connectivity index (χ2n) is 8.43. The number of carbonyl (C=O) groups excluding carboxylic acids is 5. The van der Waals surface area contributed by atoms with Crippen molar-refractivity contribution in [1.29, 1.82) is 0 Å². The largest absolute Gasteiger partial charge is 0.484 e. The summed E-state index contributed by atoms with van der Waals surface area (Å²) >= 11 is 0.872. The van der Waals surface area contributed by atoms with Gasteiger partial charge >= 0.3 is 17.0 Å². The molecule has 0 aliphatic carbocycles. The van der Waals surface area contributed by atoms with E-state index in [9.17, 15) is 29.5 Å². The molecule has 13 nitrogen and oxygen atoms in total. The van der Waals surface area contributed by atoms with E-state index in [4.69, 9.17) is 18.9 Å². The zero-order valence-corrected chi connectivity index (χ0v) is 21.2. The van der Waals surface area contributed by atoms with Crippen molar-refractivity contribution in [2.75, 3.05) is 20.5 Å². The van der Waals surface area contributed by atoms with Crippen LogP contribution < -0.4 is 10.1 Å². The second-order valence-corrected chi connectivity index (χ2v) is 9.50. The number of rotatable bonds is 10. The fourth-order valence-electron chi connectivity index (χ4n) is 3.39. The van der Waals surface area contributed by atoms with Crippen LogP contribution in [0.3, 0.4) is 0 Å². The molecule has 1 aromatic rings. The number of aldehydes is 1. The average Bonchev–Trinajstić information content (AvgIpc) is 2.90. The number of esters is 2. The van der Waals surface area contributed by atoms with E-state index in [1.165, 1.54) is 27.9 Å². The maximum atomic E-state index is 13.2. The smallest absolute Gasteiger partial charge is 0.358 e. The Balaban J connectivity index is 1.75. The topological polar surface area (TPSA) is 174 Å². The number of nitrogens with zero attached hydrogens (tertiary/aromatic N) is 3. The van der Waals surface area contributed by atoms with Gasteiger partial charge in [-0.1, -0.05) is 18.2 Å². The Morgan fingerprint density at radius 3 is 2.51 bits per heavy atom. The third-order valence-corrected chi connectivity index (χ3v) is 6.88. The van der Waals surface area contributed by atoms with Crippen LogP contribution in [0.15, 0.2) is 41.6 Å². The molecule has 1 unspecified atom stereocenters. The molecule has 2 atom stereocenters. The Morgan fingerprint density at radius 1 is 1.24 bits per heavy atom. The molecule has 0 radical (unpaired) electrons. The number of methoxy groups -OCH3 is 1. The number of ether oxygens (including phenoxy) is 4. The van der Waals surface area contributed by atoms with Crippen molar-refractivity contribution in [1.82, 2.24) is 10.2 Å². The minimum Gasteiger partial charge on any atom is -0.484 e. The van der Waals surface area contributed by atoms with Crippen molar-refractivity contribution in [3.8, 4) is 5.75 Å². The van der Waals surface area contributed by atoms with Crippen molar-refractivity contribution >= 4 is 46.8 Å². The molecule has 2 heterocycles. The quantitative estimate of drug-likeness (QED) is 0.0855. The van der Waals surface area contributed by atoms with Gasteiger partial charge in [-0.2, -0.15) is 4.79 Å². The monoisotopic (exact) mass is 532 g/mol. The van der Waals surface area contributed by atoms with E-state index in [1.807, 2.05) is 0 Å². The van der Waals surface area contributed by atoms with Crippen LogP contribution in [0.1, 0.15) is 20.8 Å². The SMILES string of the molecule is COC1(NC(=O)COc2ccccc2)C(=O)N2C(C(=O)OCOC(=O)C(C)(C)C=O)=C(C)C(=[N+]=[N-])S[C@H]21. The third-order valence-electron chi connectivity index (χ3n) is 5.50. The van der Waals surface area contributed by atoms with Crippen LogP contribution in [0, 0.1) is 5.41 Å². The highest BCUT2D eigenvalue weighted by molar-refractivity contribution is 8.14. The van der Waals surface area contributed by atoms with Gasteiger partial charge in [0.25, 0.3) is 17.5 Å². The summed E-state index contributed by atoms with van der Waals surface area (Å²) < 4.78 is 20.6. The molecule has 37 heavy (non-hydrogen) atoms. The molecule has 2 amide bonds. The summed E-state index contributed by atoms with van der Waals surface area (Å²) in [5.41, 5.74) is 5.94. The first-order valence-electron chi connectivity index (χ1n) is 10.8. The highest BCUT2D eigenvalue weighted by Crippen LogP contribution is 2.47. The van der Waals surface area contributed by atoms with Gasteiger partial charge in [0.1, 0.15) is 23.1 Å². The highest BCUT2D eigenvalue weighted by Gasteiger charge is 2.68. The molecule has 1 N–H and O–H groups in total. The first-order chi connectivity index (χ1) is 17.5. The van der Waals surface area contributed by atoms with E-state index in [0.717, 1.165) is 16.7 Å². The van der Waals surface area contributed by atoms with E-state index in [1.54, 1.807) is 30.3 Å². The Hall–Kier alpha value is -4.00. The van der Waals surface area contributed by atoms with Gasteiger partial charge in [-0.15, -0.1) is 0 Å². The standard InChI is InChI=1S/C23H24N4O9S/c1-13-16(18(30)35-12-36-21(32)22(2,3)11-28)27-19(31)23(33-4,20(27)37-17(13)26-24)25-15(29)10-34-14-8-6-5-7-9-14/h5-9,11,20H,10,12H2,1-4H3,(H,25,29)/t20-,23?/m0/s1. The fourth-order valence-corrected chi connectivity index (χ4v) is 4.65. The summed E-state index contributed by atoms with van der Waals surface area (Å²) in [7, 11) is 1.20. The third kappa shape index (κ3) is 5.26. The minimum absolute atomic E-state index is 0.0315. The van der Waals surface area contributed by atoms with E-state index in [2.05, 4.69) is 10.1 Å². The lowest BCUT2D eigenvalue weighted by Gasteiger charge is -2.54. The van der Waals surface area contributed by atoms with Crippen molar-refractivity contribution in [3.05, 3.63) is 47.1 Å². The molecule has 0 spiro atoms. The molecule has 196 valence electrons. The number of hydrogen-bond acceptors (Lipinski definition) is 10. The maximum Gasteiger partial charge on any atom is 0.358 e. The van der Waals surface area contributed by atoms with Crippen molar-refractivity contribution < 1.29 is 47.7 Å². The minimum atomic E-state index is -1.90. The Bertz CT molecular complexity index is 1210. The zero-order valence-electron chi connectivity index (χ0n) is 20.4. The number of nitrogens with one attached hydrogen (secondary N) is 1. The van der Waals surface area contributed by atoms with Crippen LogP contribution >= 0.6 is 11.8 Å². The van der Waals surface area contributed by atoms with Crippen LogP contribution in [0.25, 0.3) is 5.53 Å². The van der Waals surface area contributed by atoms with Crippen LogP contribution in [-0.4, -0.2) is 76.4 Å². The van der Waals surface area contributed by atoms with Crippen molar-refractivity contribution in [2.24, 2.45) is 5.41 Å². The number of amides is 2. The van der Waals surface area contributed by atoms with E-state index in [0.29, 0.717) is 12.0 Å². The van der Waals surface area contributed by atoms with E-state index in [-0.39, 0.29) is 16.3 Å². The molecular weight excluding hydrogens is 508 g/mol. The first-order valence-corrected chi connectivity index (χ1v) is 11.7. The predicted octanol–water partition coefficient (Wildman–Crippen LogP) is 0.611. The number of fused-ring (bicyclic) bond motifs is 1. The Morgan fingerprint density at radius 2 is 1.92 bits per heavy atom. The summed E-state index contributed by atoms with van der Waals surface area (Å²) in [6.07, 6.45) is 0.388. The summed E-state index contributed by atoms with van der Waals surface area (Å²) in [6, 6.07) is 8.54. The molecule has 1 aromatic carbocycles. The number of carbonyl (C=O) groups is 5. The fraction of sp³-hybridized carbons (Fsp3) is 0.391. The number of benzene rings is 1. The molecule has 14 heteroatoms. The highest BCUT2D eigenvalue weighted by atomic mass is 32.2. The number of hydrogen-bond donors (Lipinski definition) is 1. The van der Waals surface area contributed by atoms with Gasteiger partial charge in [-0.05, 0) is 44.7 Å². The van der Waals surface area contributed by atoms with Gasteiger partial charge in [0.15, 0.2) is 12.0 Å². The summed E-state index contributed by atoms with van der Waals surface area (Å²) in [5.74, 6) is -3.02. The molecule has 3 rings (SSSR count). The van der Waals surface area contributed by atoms with Gasteiger partial charge in [-0.3, -0.25) is 19.3 Å². The molecular formula is C23H24N4O9S. The van der Waals surface area contributed by atoms with Gasteiger partial charge in [0.05, 0.1) is 5.57 Å². The lowest BCUT2D eigenvalue weighted by Crippen LogP contribution is -2.81. The van der Waals surface area contributed by atoms with Crippen LogP contribution in [0.4, 0.5) is 0 Å². The average molecular weight is 533 g/mol. The summed E-state index contributed by atoms with van der Waals surface area (Å²) in [4.78, 5) is 65.8. The van der Waals surface area contributed by atoms with Crippen LogP contribution in [0.2, 0.25) is 0 Å². The maximum absolute atomic E-state index is 13.2. The molecule has 0 aromatic heterocycles.